The van der Waals surface area contributed by atoms with Crippen LogP contribution in [-0.4, -0.2) is 36.8 Å². The molecule has 3 aromatic rings. The Hall–Kier alpha value is -2.43. The molecule has 0 spiro atoms. The summed E-state index contributed by atoms with van der Waals surface area (Å²) >= 11 is 2.78. The first kappa shape index (κ1) is 22.3. The van der Waals surface area contributed by atoms with Crippen LogP contribution in [0.1, 0.15) is 18.1 Å². The molecule has 1 N–H and O–H groups in total. The van der Waals surface area contributed by atoms with Crippen molar-refractivity contribution in [1.82, 2.24) is 10.2 Å². The summed E-state index contributed by atoms with van der Waals surface area (Å²) in [5.74, 6) is 0.271. The Morgan fingerprint density at radius 3 is 2.57 bits per heavy atom. The third-order valence-corrected chi connectivity index (χ3v) is 7.47. The van der Waals surface area contributed by atoms with Gasteiger partial charge in [0.15, 0.2) is 4.34 Å². The largest absolute Gasteiger partial charge is 0.299 e. The van der Waals surface area contributed by atoms with Crippen LogP contribution in [-0.2, 0) is 20.6 Å². The number of amides is 1. The number of anilines is 2. The number of thioether (sulfide) groups is 1. The zero-order valence-electron chi connectivity index (χ0n) is 16.8. The van der Waals surface area contributed by atoms with Gasteiger partial charge in [0.2, 0.25) is 21.1 Å². The molecule has 1 amide bonds. The van der Waals surface area contributed by atoms with Gasteiger partial charge in [-0.05, 0) is 37.1 Å². The number of sulfonamides is 1. The van der Waals surface area contributed by atoms with E-state index in [0.29, 0.717) is 10.8 Å². The van der Waals surface area contributed by atoms with Gasteiger partial charge in [-0.2, -0.15) is 0 Å². The minimum absolute atomic E-state index is 0.333. The monoisotopic (exact) mass is 462 g/mol. The van der Waals surface area contributed by atoms with Crippen LogP contribution < -0.4 is 9.62 Å². The summed E-state index contributed by atoms with van der Waals surface area (Å²) < 4.78 is 26.6. The molecule has 1 atom stereocenters. The van der Waals surface area contributed by atoms with E-state index in [1.165, 1.54) is 28.7 Å². The first-order valence-corrected chi connectivity index (χ1v) is 12.8. The lowest BCUT2D eigenvalue weighted by Crippen LogP contribution is -2.45. The Morgan fingerprint density at radius 2 is 1.90 bits per heavy atom. The normalized spacial score (nSPS) is 12.4. The fraction of sp³-hybridized carbons (Fsp3) is 0.250. The minimum Gasteiger partial charge on any atom is -0.299 e. The molecule has 0 aliphatic rings. The number of carbonyl (C=O) groups excluding carboxylic acids is 1. The molecule has 0 saturated carbocycles. The van der Waals surface area contributed by atoms with Crippen molar-refractivity contribution in [3.63, 3.8) is 0 Å². The van der Waals surface area contributed by atoms with E-state index in [9.17, 15) is 13.2 Å². The van der Waals surface area contributed by atoms with Gasteiger partial charge in [0.25, 0.3) is 0 Å². The molecule has 1 heterocycles. The van der Waals surface area contributed by atoms with Gasteiger partial charge in [0.1, 0.15) is 6.04 Å². The summed E-state index contributed by atoms with van der Waals surface area (Å²) in [5, 5.41) is 11.1. The Kier molecular flexibility index (Phi) is 7.11. The highest BCUT2D eigenvalue weighted by atomic mass is 32.2. The van der Waals surface area contributed by atoms with Gasteiger partial charge in [0.05, 0.1) is 11.9 Å². The molecule has 1 aromatic heterocycles. The van der Waals surface area contributed by atoms with Crippen LogP contribution in [0.25, 0.3) is 0 Å². The fourth-order valence-electron chi connectivity index (χ4n) is 2.82. The predicted octanol–water partition coefficient (Wildman–Crippen LogP) is 3.93. The maximum absolute atomic E-state index is 12.8. The lowest BCUT2D eigenvalue weighted by Gasteiger charge is -2.28. The molecule has 0 radical (unpaired) electrons. The van der Waals surface area contributed by atoms with Crippen LogP contribution in [0.15, 0.2) is 58.9 Å². The van der Waals surface area contributed by atoms with Gasteiger partial charge in [0, 0.05) is 5.75 Å². The number of aryl methyl sites for hydroxylation is 1. The zero-order valence-corrected chi connectivity index (χ0v) is 19.2. The molecule has 2 aromatic carbocycles. The Bertz CT molecular complexity index is 1120. The number of hydrogen-bond acceptors (Lipinski definition) is 7. The fourth-order valence-corrected chi connectivity index (χ4v) is 5.70. The molecule has 3 rings (SSSR count). The van der Waals surface area contributed by atoms with E-state index in [-0.39, 0.29) is 0 Å². The van der Waals surface area contributed by atoms with E-state index in [2.05, 4.69) is 15.5 Å². The van der Waals surface area contributed by atoms with E-state index < -0.39 is 22.0 Å². The molecule has 0 unspecified atom stereocenters. The average Bonchev–Trinajstić information content (AvgIpc) is 3.13. The Morgan fingerprint density at radius 1 is 1.17 bits per heavy atom. The van der Waals surface area contributed by atoms with E-state index in [4.69, 9.17) is 0 Å². The highest BCUT2D eigenvalue weighted by molar-refractivity contribution is 8.00. The molecule has 30 heavy (non-hydrogen) atoms. The van der Waals surface area contributed by atoms with Crippen LogP contribution in [0.5, 0.6) is 0 Å². The molecule has 0 saturated heterocycles. The summed E-state index contributed by atoms with van der Waals surface area (Å²) in [6, 6.07) is 16.0. The van der Waals surface area contributed by atoms with Crippen LogP contribution in [0.3, 0.4) is 0 Å². The topological polar surface area (TPSA) is 92.3 Å². The number of nitrogens with one attached hydrogen (secondary N) is 1. The maximum Gasteiger partial charge on any atom is 0.249 e. The van der Waals surface area contributed by atoms with Crippen molar-refractivity contribution in [3.8, 4) is 0 Å². The molecule has 158 valence electrons. The summed E-state index contributed by atoms with van der Waals surface area (Å²) in [7, 11) is -3.67. The van der Waals surface area contributed by atoms with E-state index in [1.54, 1.807) is 25.1 Å². The highest BCUT2D eigenvalue weighted by Gasteiger charge is 2.29. The smallest absolute Gasteiger partial charge is 0.249 e. The van der Waals surface area contributed by atoms with Crippen molar-refractivity contribution in [2.45, 2.75) is 30.0 Å². The number of carbonyl (C=O) groups is 1. The third kappa shape index (κ3) is 5.80. The van der Waals surface area contributed by atoms with E-state index >= 15 is 0 Å². The van der Waals surface area contributed by atoms with Crippen molar-refractivity contribution >= 4 is 49.8 Å². The van der Waals surface area contributed by atoms with Crippen molar-refractivity contribution in [1.29, 1.82) is 0 Å². The van der Waals surface area contributed by atoms with Gasteiger partial charge >= 0.3 is 0 Å². The average molecular weight is 463 g/mol. The zero-order chi connectivity index (χ0) is 21.7. The quantitative estimate of drug-likeness (QED) is 0.403. The second kappa shape index (κ2) is 9.59. The van der Waals surface area contributed by atoms with Gasteiger partial charge < -0.3 is 0 Å². The first-order chi connectivity index (χ1) is 14.2. The SMILES string of the molecule is Cc1cccc(N([C@H](C)C(=O)Nc2nnc(SCc3ccccc3)s2)S(C)(=O)=O)c1. The summed E-state index contributed by atoms with van der Waals surface area (Å²) in [6.45, 7) is 3.41. The third-order valence-electron chi connectivity index (χ3n) is 4.19. The molecular weight excluding hydrogens is 440 g/mol. The number of aromatic nitrogens is 2. The van der Waals surface area contributed by atoms with E-state index in [0.717, 1.165) is 26.2 Å². The Balaban J connectivity index is 1.69. The van der Waals surface area contributed by atoms with Crippen molar-refractivity contribution in [2.24, 2.45) is 0 Å². The molecule has 7 nitrogen and oxygen atoms in total. The van der Waals surface area contributed by atoms with Gasteiger partial charge in [-0.15, -0.1) is 10.2 Å². The molecule has 0 aliphatic heterocycles. The van der Waals surface area contributed by atoms with Crippen LogP contribution in [0.2, 0.25) is 0 Å². The Labute approximate surface area is 184 Å². The molecule has 10 heteroatoms. The summed E-state index contributed by atoms with van der Waals surface area (Å²) in [6.07, 6.45) is 1.09. The number of hydrogen-bond donors (Lipinski definition) is 1. The molecule has 0 aliphatic carbocycles. The number of rotatable bonds is 8. The van der Waals surface area contributed by atoms with E-state index in [1.807, 2.05) is 43.3 Å². The second-order valence-corrected chi connectivity index (χ2v) is 10.8. The second-order valence-electron chi connectivity index (χ2n) is 6.71. The summed E-state index contributed by atoms with van der Waals surface area (Å²) in [4.78, 5) is 12.8. The predicted molar refractivity (Wildman–Crippen MR) is 123 cm³/mol. The standard InChI is InChI=1S/C20H22N4O3S3/c1-14-8-7-11-17(12-14)24(30(3,26)27)15(2)18(25)21-19-22-23-20(29-19)28-13-16-9-5-4-6-10-16/h4-12,15H,13H2,1-3H3,(H,21,22,25)/t15-/m1/s1. The number of benzene rings is 2. The van der Waals surface area contributed by atoms with Crippen LogP contribution >= 0.6 is 23.1 Å². The van der Waals surface area contributed by atoms with Crippen molar-refractivity contribution in [3.05, 3.63) is 65.7 Å². The molecule has 0 fully saturated rings. The van der Waals surface area contributed by atoms with Crippen LogP contribution in [0.4, 0.5) is 10.8 Å². The number of nitrogens with zero attached hydrogens (tertiary/aromatic N) is 3. The highest BCUT2D eigenvalue weighted by Crippen LogP contribution is 2.29. The maximum atomic E-state index is 12.8. The minimum atomic E-state index is -3.67. The molecular formula is C20H22N4O3S3. The van der Waals surface area contributed by atoms with Crippen LogP contribution in [0, 0.1) is 6.92 Å². The van der Waals surface area contributed by atoms with Crippen molar-refractivity contribution in [2.75, 3.05) is 15.9 Å². The van der Waals surface area contributed by atoms with Gasteiger partial charge in [-0.1, -0.05) is 65.6 Å². The lowest BCUT2D eigenvalue weighted by molar-refractivity contribution is -0.116. The summed E-state index contributed by atoms with van der Waals surface area (Å²) in [5.41, 5.74) is 2.51. The first-order valence-electron chi connectivity index (χ1n) is 9.11. The lowest BCUT2D eigenvalue weighted by atomic mass is 10.2. The van der Waals surface area contributed by atoms with Gasteiger partial charge in [-0.25, -0.2) is 8.42 Å². The van der Waals surface area contributed by atoms with Crippen molar-refractivity contribution < 1.29 is 13.2 Å². The van der Waals surface area contributed by atoms with Gasteiger partial charge in [-0.3, -0.25) is 14.4 Å². The molecule has 0 bridgehead atoms.